The highest BCUT2D eigenvalue weighted by atomic mass is 16.6. The molecule has 1 rings (SSSR count). The molecular weight excluding hydrogens is 234 g/mol. The third kappa shape index (κ3) is 4.29. The van der Waals surface area contributed by atoms with Gasteiger partial charge in [0.15, 0.2) is 0 Å². The molecule has 0 heterocycles. The van der Waals surface area contributed by atoms with Crippen LogP contribution in [-0.4, -0.2) is 28.7 Å². The molecule has 3 N–H and O–H groups in total. The van der Waals surface area contributed by atoms with Crippen molar-refractivity contribution in [2.24, 2.45) is 17.6 Å². The first-order chi connectivity index (χ1) is 8.20. The van der Waals surface area contributed by atoms with E-state index in [-0.39, 0.29) is 17.8 Å². The molecule has 1 aliphatic carbocycles. The van der Waals surface area contributed by atoms with Gasteiger partial charge < -0.3 is 15.6 Å². The van der Waals surface area contributed by atoms with Gasteiger partial charge in [0, 0.05) is 0 Å². The van der Waals surface area contributed by atoms with Crippen LogP contribution in [0.1, 0.15) is 46.5 Å². The van der Waals surface area contributed by atoms with E-state index in [1.165, 1.54) is 0 Å². The van der Waals surface area contributed by atoms with Gasteiger partial charge in [-0.25, -0.2) is 0 Å². The summed E-state index contributed by atoms with van der Waals surface area (Å²) in [5.74, 6) is -1.39. The van der Waals surface area contributed by atoms with E-state index in [1.807, 2.05) is 0 Å². The first kappa shape index (κ1) is 15.0. The maximum absolute atomic E-state index is 11.8. The van der Waals surface area contributed by atoms with Gasteiger partial charge in [-0.2, -0.15) is 0 Å². The number of carboxylic acid groups (broad SMARTS) is 1. The van der Waals surface area contributed by atoms with E-state index in [1.54, 1.807) is 20.8 Å². The Kier molecular flexibility index (Phi) is 4.73. The van der Waals surface area contributed by atoms with Crippen LogP contribution >= 0.6 is 0 Å². The minimum atomic E-state index is -0.751. The Bertz CT molecular complexity index is 313. The predicted molar refractivity (Wildman–Crippen MR) is 66.9 cm³/mol. The molecule has 1 saturated carbocycles. The van der Waals surface area contributed by atoms with Crippen LogP contribution in [0.5, 0.6) is 0 Å². The number of hydrogen-bond donors (Lipinski definition) is 2. The lowest BCUT2D eigenvalue weighted by Gasteiger charge is -2.31. The van der Waals surface area contributed by atoms with E-state index in [9.17, 15) is 9.59 Å². The second-order valence-electron chi connectivity index (χ2n) is 6.01. The van der Waals surface area contributed by atoms with Crippen LogP contribution in [0.2, 0.25) is 0 Å². The highest BCUT2D eigenvalue weighted by Crippen LogP contribution is 2.31. The SMILES string of the molecule is CC(C)(C)OC(=O)[C@H](N)C1CCC(C(=O)O)CC1. The largest absolute Gasteiger partial charge is 0.481 e. The fraction of sp³-hybridized carbons (Fsp3) is 0.846. The minimum Gasteiger partial charge on any atom is -0.481 e. The third-order valence-corrected chi connectivity index (χ3v) is 3.31. The fourth-order valence-corrected chi connectivity index (χ4v) is 2.29. The Morgan fingerprint density at radius 3 is 2.11 bits per heavy atom. The molecule has 18 heavy (non-hydrogen) atoms. The lowest BCUT2D eigenvalue weighted by molar-refractivity contribution is -0.158. The molecule has 1 atom stereocenters. The monoisotopic (exact) mass is 257 g/mol. The van der Waals surface area contributed by atoms with Gasteiger partial charge in [0.05, 0.1) is 5.92 Å². The Morgan fingerprint density at radius 2 is 1.72 bits per heavy atom. The average Bonchev–Trinajstić information content (AvgIpc) is 2.26. The van der Waals surface area contributed by atoms with Crippen LogP contribution in [0, 0.1) is 11.8 Å². The highest BCUT2D eigenvalue weighted by Gasteiger charge is 2.34. The fourth-order valence-electron chi connectivity index (χ4n) is 2.29. The quantitative estimate of drug-likeness (QED) is 0.749. The molecule has 0 saturated heterocycles. The van der Waals surface area contributed by atoms with Crippen LogP contribution in [0.15, 0.2) is 0 Å². The minimum absolute atomic E-state index is 0.0375. The number of rotatable bonds is 3. The summed E-state index contributed by atoms with van der Waals surface area (Å²) < 4.78 is 5.25. The van der Waals surface area contributed by atoms with Crippen molar-refractivity contribution < 1.29 is 19.4 Å². The van der Waals surface area contributed by atoms with Crippen molar-refractivity contribution in [1.29, 1.82) is 0 Å². The van der Waals surface area contributed by atoms with Gasteiger partial charge in [0.2, 0.25) is 0 Å². The number of aliphatic carboxylic acids is 1. The summed E-state index contributed by atoms with van der Waals surface area (Å²) in [5, 5.41) is 8.90. The lowest BCUT2D eigenvalue weighted by Crippen LogP contribution is -2.44. The Labute approximate surface area is 108 Å². The Balaban J connectivity index is 2.47. The van der Waals surface area contributed by atoms with Gasteiger partial charge in [0.1, 0.15) is 11.6 Å². The molecule has 104 valence electrons. The van der Waals surface area contributed by atoms with E-state index in [4.69, 9.17) is 15.6 Å². The van der Waals surface area contributed by atoms with E-state index in [0.717, 1.165) is 0 Å². The van der Waals surface area contributed by atoms with E-state index in [2.05, 4.69) is 0 Å². The van der Waals surface area contributed by atoms with Crippen LogP contribution in [0.3, 0.4) is 0 Å². The van der Waals surface area contributed by atoms with Crippen LogP contribution < -0.4 is 5.73 Å². The van der Waals surface area contributed by atoms with E-state index in [0.29, 0.717) is 25.7 Å². The Hall–Kier alpha value is -1.10. The molecule has 0 aliphatic heterocycles. The topological polar surface area (TPSA) is 89.6 Å². The number of carbonyl (C=O) groups is 2. The van der Waals surface area contributed by atoms with Crippen molar-refractivity contribution in [2.75, 3.05) is 0 Å². The molecule has 0 spiro atoms. The van der Waals surface area contributed by atoms with Gasteiger partial charge >= 0.3 is 11.9 Å². The molecule has 0 amide bonds. The van der Waals surface area contributed by atoms with Gasteiger partial charge in [-0.05, 0) is 52.4 Å². The lowest BCUT2D eigenvalue weighted by atomic mass is 9.79. The maximum atomic E-state index is 11.8. The normalized spacial score (nSPS) is 26.4. The number of carbonyl (C=O) groups excluding carboxylic acids is 1. The summed E-state index contributed by atoms with van der Waals surface area (Å²) in [7, 11) is 0. The van der Waals surface area contributed by atoms with Crippen molar-refractivity contribution in [3.8, 4) is 0 Å². The molecule has 0 aromatic carbocycles. The number of nitrogens with two attached hydrogens (primary N) is 1. The summed E-state index contributed by atoms with van der Waals surface area (Å²) in [4.78, 5) is 22.6. The number of ether oxygens (including phenoxy) is 1. The summed E-state index contributed by atoms with van der Waals surface area (Å²) in [6, 6.07) is -0.640. The molecule has 0 bridgehead atoms. The molecule has 5 nitrogen and oxygen atoms in total. The zero-order valence-corrected chi connectivity index (χ0v) is 11.3. The molecular formula is C13H23NO4. The highest BCUT2D eigenvalue weighted by molar-refractivity contribution is 5.76. The Morgan fingerprint density at radius 1 is 1.22 bits per heavy atom. The third-order valence-electron chi connectivity index (χ3n) is 3.31. The van der Waals surface area contributed by atoms with Gasteiger partial charge in [0.25, 0.3) is 0 Å². The van der Waals surface area contributed by atoms with Gasteiger partial charge in [-0.1, -0.05) is 0 Å². The molecule has 0 aromatic rings. The molecule has 0 radical (unpaired) electrons. The first-order valence-corrected chi connectivity index (χ1v) is 6.42. The van der Waals surface area contributed by atoms with Crippen molar-refractivity contribution in [3.63, 3.8) is 0 Å². The zero-order valence-electron chi connectivity index (χ0n) is 11.3. The van der Waals surface area contributed by atoms with Crippen molar-refractivity contribution in [1.82, 2.24) is 0 Å². The van der Waals surface area contributed by atoms with Crippen LogP contribution in [-0.2, 0) is 14.3 Å². The predicted octanol–water partition coefficient (Wildman–Crippen LogP) is 1.55. The van der Waals surface area contributed by atoms with E-state index < -0.39 is 17.6 Å². The van der Waals surface area contributed by atoms with Crippen LogP contribution in [0.4, 0.5) is 0 Å². The molecule has 1 aliphatic rings. The average molecular weight is 257 g/mol. The molecule has 1 fully saturated rings. The standard InChI is InChI=1S/C13H23NO4/c1-13(2,3)18-12(17)10(14)8-4-6-9(7-5-8)11(15)16/h8-10H,4-7,14H2,1-3H3,(H,15,16)/t8?,9?,10-/m1/s1. The van der Waals surface area contributed by atoms with Gasteiger partial charge in [-0.15, -0.1) is 0 Å². The van der Waals surface area contributed by atoms with Crippen LogP contribution in [0.25, 0.3) is 0 Å². The second kappa shape index (κ2) is 5.69. The molecule has 0 aromatic heterocycles. The summed E-state index contributed by atoms with van der Waals surface area (Å²) in [6.45, 7) is 5.41. The number of esters is 1. The number of hydrogen-bond acceptors (Lipinski definition) is 4. The van der Waals surface area contributed by atoms with Gasteiger partial charge in [-0.3, -0.25) is 9.59 Å². The van der Waals surface area contributed by atoms with Crippen molar-refractivity contribution in [2.45, 2.75) is 58.1 Å². The second-order valence-corrected chi connectivity index (χ2v) is 6.01. The molecule has 5 heteroatoms. The van der Waals surface area contributed by atoms with Crippen molar-refractivity contribution >= 4 is 11.9 Å². The first-order valence-electron chi connectivity index (χ1n) is 6.42. The summed E-state index contributed by atoms with van der Waals surface area (Å²) in [6.07, 6.45) is 2.54. The summed E-state index contributed by atoms with van der Waals surface area (Å²) in [5.41, 5.74) is 5.36. The molecule has 0 unspecified atom stereocenters. The van der Waals surface area contributed by atoms with Crippen molar-refractivity contribution in [3.05, 3.63) is 0 Å². The maximum Gasteiger partial charge on any atom is 0.323 e. The smallest absolute Gasteiger partial charge is 0.323 e. The van der Waals surface area contributed by atoms with E-state index >= 15 is 0 Å². The number of carboxylic acids is 1. The zero-order chi connectivity index (χ0) is 13.9. The summed E-state index contributed by atoms with van der Waals surface area (Å²) >= 11 is 0.